The first-order valence-corrected chi connectivity index (χ1v) is 10.1. The maximum absolute atomic E-state index is 12.2. The van der Waals surface area contributed by atoms with Crippen LogP contribution in [0.5, 0.6) is 0 Å². The smallest absolute Gasteiger partial charge is 0.313 e. The lowest BCUT2D eigenvalue weighted by molar-refractivity contribution is -0.136. The molecule has 1 aromatic heterocycles. The van der Waals surface area contributed by atoms with Gasteiger partial charge in [0.15, 0.2) is 5.76 Å². The normalized spacial score (nSPS) is 22.3. The fourth-order valence-corrected chi connectivity index (χ4v) is 4.64. The number of rotatable bonds is 6. The Labute approximate surface area is 169 Å². The molecule has 4 rings (SSSR count). The minimum Gasteiger partial charge on any atom is -0.459 e. The van der Waals surface area contributed by atoms with Crippen molar-refractivity contribution in [2.45, 2.75) is 32.1 Å². The summed E-state index contributed by atoms with van der Waals surface area (Å²) >= 11 is 0. The van der Waals surface area contributed by atoms with Crippen molar-refractivity contribution in [2.75, 3.05) is 17.2 Å². The molecule has 152 valence electrons. The predicted octanol–water partition coefficient (Wildman–Crippen LogP) is 3.41. The molecule has 0 radical (unpaired) electrons. The van der Waals surface area contributed by atoms with E-state index in [1.165, 1.54) is 31.9 Å². The summed E-state index contributed by atoms with van der Waals surface area (Å²) in [7, 11) is 0. The van der Waals surface area contributed by atoms with E-state index in [0.717, 1.165) is 18.3 Å². The van der Waals surface area contributed by atoms with Crippen LogP contribution in [-0.4, -0.2) is 24.3 Å². The van der Waals surface area contributed by atoms with E-state index in [2.05, 4.69) is 16.0 Å². The van der Waals surface area contributed by atoms with Crippen LogP contribution in [0.2, 0.25) is 0 Å². The fourth-order valence-electron chi connectivity index (χ4n) is 4.64. The van der Waals surface area contributed by atoms with Gasteiger partial charge in [-0.1, -0.05) is 12.5 Å². The van der Waals surface area contributed by atoms with Crippen LogP contribution < -0.4 is 16.0 Å². The maximum atomic E-state index is 12.2. The number of benzene rings is 1. The lowest BCUT2D eigenvalue weighted by Crippen LogP contribution is -2.36. The molecular weight excluding hydrogens is 370 g/mol. The summed E-state index contributed by atoms with van der Waals surface area (Å²) in [6.45, 7) is 0.527. The van der Waals surface area contributed by atoms with E-state index < -0.39 is 17.7 Å². The second-order valence-corrected chi connectivity index (χ2v) is 7.95. The summed E-state index contributed by atoms with van der Waals surface area (Å²) in [6, 6.07) is 9.79. The van der Waals surface area contributed by atoms with Crippen LogP contribution in [0, 0.1) is 17.8 Å². The molecule has 2 bridgehead atoms. The van der Waals surface area contributed by atoms with Gasteiger partial charge < -0.3 is 20.4 Å². The Hall–Kier alpha value is -3.09. The summed E-state index contributed by atoms with van der Waals surface area (Å²) in [4.78, 5) is 36.3. The third-order valence-electron chi connectivity index (χ3n) is 6.01. The van der Waals surface area contributed by atoms with Gasteiger partial charge in [0.25, 0.3) is 5.91 Å². The third-order valence-corrected chi connectivity index (χ3v) is 6.01. The third kappa shape index (κ3) is 4.67. The number of carbonyl (C=O) groups excluding carboxylic acids is 3. The van der Waals surface area contributed by atoms with E-state index in [1.807, 2.05) is 0 Å². The standard InChI is InChI=1S/C22H25N3O4/c26-20(19-5-2-10-29-19)24-17-3-1-4-18(13-17)25-22(28)21(27)23-9-8-16-12-14-6-7-15(16)11-14/h1-5,10,13-16H,6-9,11-12H2,(H,23,27)(H,24,26)(H,25,28)/t14-,15-,16+/m0/s1. The van der Waals surface area contributed by atoms with E-state index in [9.17, 15) is 14.4 Å². The highest BCUT2D eigenvalue weighted by Crippen LogP contribution is 2.49. The minimum atomic E-state index is -0.715. The molecule has 3 N–H and O–H groups in total. The number of fused-ring (bicyclic) bond motifs is 2. The molecule has 7 nitrogen and oxygen atoms in total. The molecule has 2 aliphatic rings. The van der Waals surface area contributed by atoms with Crippen molar-refractivity contribution in [1.29, 1.82) is 0 Å². The molecule has 3 amide bonds. The molecule has 1 aromatic carbocycles. The van der Waals surface area contributed by atoms with Crippen molar-refractivity contribution in [3.05, 3.63) is 48.4 Å². The number of anilines is 2. The van der Waals surface area contributed by atoms with Gasteiger partial charge in [0.2, 0.25) is 0 Å². The summed E-state index contributed by atoms with van der Waals surface area (Å²) in [6.07, 6.45) is 7.64. The molecule has 3 atom stereocenters. The Morgan fingerprint density at radius 1 is 0.966 bits per heavy atom. The van der Waals surface area contributed by atoms with Crippen LogP contribution in [0.4, 0.5) is 11.4 Å². The molecular formula is C22H25N3O4. The Kier molecular flexibility index (Phi) is 5.64. The van der Waals surface area contributed by atoms with Crippen molar-refractivity contribution in [3.8, 4) is 0 Å². The highest BCUT2D eigenvalue weighted by atomic mass is 16.3. The first kappa shape index (κ1) is 19.2. The second kappa shape index (κ2) is 8.51. The molecule has 0 saturated heterocycles. The zero-order valence-corrected chi connectivity index (χ0v) is 16.1. The number of furan rings is 1. The molecule has 2 fully saturated rings. The van der Waals surface area contributed by atoms with Gasteiger partial charge in [-0.05, 0) is 73.8 Å². The van der Waals surface area contributed by atoms with Gasteiger partial charge >= 0.3 is 11.8 Å². The number of hydrogen-bond acceptors (Lipinski definition) is 4. The minimum absolute atomic E-state index is 0.189. The Balaban J connectivity index is 1.24. The van der Waals surface area contributed by atoms with Crippen molar-refractivity contribution >= 4 is 29.1 Å². The molecule has 1 heterocycles. The topological polar surface area (TPSA) is 100 Å². The van der Waals surface area contributed by atoms with Crippen molar-refractivity contribution in [1.82, 2.24) is 5.32 Å². The quantitative estimate of drug-likeness (QED) is 0.653. The van der Waals surface area contributed by atoms with E-state index >= 15 is 0 Å². The van der Waals surface area contributed by atoms with Crippen molar-refractivity contribution < 1.29 is 18.8 Å². The summed E-state index contributed by atoms with van der Waals surface area (Å²) in [5, 5.41) is 7.97. The number of carbonyl (C=O) groups is 3. The number of nitrogens with one attached hydrogen (secondary N) is 3. The van der Waals surface area contributed by atoms with Crippen molar-refractivity contribution in [2.24, 2.45) is 17.8 Å². The van der Waals surface area contributed by atoms with Gasteiger partial charge in [0.1, 0.15) is 0 Å². The average Bonchev–Trinajstić information content (AvgIpc) is 3.46. The van der Waals surface area contributed by atoms with E-state index in [0.29, 0.717) is 23.8 Å². The van der Waals surface area contributed by atoms with Gasteiger partial charge in [0.05, 0.1) is 6.26 Å². The molecule has 29 heavy (non-hydrogen) atoms. The molecule has 7 heteroatoms. The van der Waals surface area contributed by atoms with E-state index in [-0.39, 0.29) is 5.76 Å². The van der Waals surface area contributed by atoms with Gasteiger partial charge in [-0.25, -0.2) is 0 Å². The van der Waals surface area contributed by atoms with E-state index in [4.69, 9.17) is 4.42 Å². The summed E-state index contributed by atoms with van der Waals surface area (Å²) in [5.74, 6) is 0.817. The first-order valence-electron chi connectivity index (χ1n) is 10.1. The SMILES string of the molecule is O=C(NCC[C@@H]1C[C@H]2CC[C@H]1C2)C(=O)Nc1cccc(NC(=O)c2ccco2)c1. The summed E-state index contributed by atoms with van der Waals surface area (Å²) < 4.78 is 5.05. The monoisotopic (exact) mass is 395 g/mol. The second-order valence-electron chi connectivity index (χ2n) is 7.95. The maximum Gasteiger partial charge on any atom is 0.313 e. The molecule has 2 aromatic rings. The Morgan fingerprint density at radius 2 is 1.79 bits per heavy atom. The lowest BCUT2D eigenvalue weighted by atomic mass is 9.86. The van der Waals surface area contributed by atoms with Gasteiger partial charge in [-0.3, -0.25) is 14.4 Å². The zero-order chi connectivity index (χ0) is 20.2. The Morgan fingerprint density at radius 3 is 2.48 bits per heavy atom. The van der Waals surface area contributed by atoms with Crippen LogP contribution in [0.25, 0.3) is 0 Å². The average molecular weight is 395 g/mol. The fraction of sp³-hybridized carbons (Fsp3) is 0.409. The highest BCUT2D eigenvalue weighted by Gasteiger charge is 2.38. The molecule has 2 aliphatic carbocycles. The zero-order valence-electron chi connectivity index (χ0n) is 16.1. The molecule has 0 unspecified atom stereocenters. The van der Waals surface area contributed by atoms with Gasteiger partial charge in [-0.15, -0.1) is 0 Å². The number of hydrogen-bond donors (Lipinski definition) is 3. The Bertz CT molecular complexity index is 893. The lowest BCUT2D eigenvalue weighted by Gasteiger charge is -2.21. The van der Waals surface area contributed by atoms with Gasteiger partial charge in [0, 0.05) is 17.9 Å². The predicted molar refractivity (Wildman–Crippen MR) is 108 cm³/mol. The van der Waals surface area contributed by atoms with Crippen LogP contribution in [0.3, 0.4) is 0 Å². The van der Waals surface area contributed by atoms with E-state index in [1.54, 1.807) is 36.4 Å². The number of amides is 3. The molecule has 0 aliphatic heterocycles. The van der Waals surface area contributed by atoms with Crippen LogP contribution >= 0.6 is 0 Å². The molecule has 0 spiro atoms. The highest BCUT2D eigenvalue weighted by molar-refractivity contribution is 6.39. The van der Waals surface area contributed by atoms with Gasteiger partial charge in [-0.2, -0.15) is 0 Å². The van der Waals surface area contributed by atoms with Crippen molar-refractivity contribution in [3.63, 3.8) is 0 Å². The van der Waals surface area contributed by atoms with Crippen LogP contribution in [0.1, 0.15) is 42.7 Å². The van der Waals surface area contributed by atoms with Crippen LogP contribution in [0.15, 0.2) is 47.1 Å². The first-order chi connectivity index (χ1) is 14.1. The summed E-state index contributed by atoms with van der Waals surface area (Å²) in [5.41, 5.74) is 0.913. The van der Waals surface area contributed by atoms with Crippen LogP contribution in [-0.2, 0) is 9.59 Å². The molecule has 2 saturated carbocycles. The largest absolute Gasteiger partial charge is 0.459 e.